The first kappa shape index (κ1) is 14.8. The van der Waals surface area contributed by atoms with Crippen LogP contribution in [0.3, 0.4) is 0 Å². The lowest BCUT2D eigenvalue weighted by atomic mass is 10.0. The zero-order valence-corrected chi connectivity index (χ0v) is 12.1. The highest BCUT2D eigenvalue weighted by molar-refractivity contribution is 6.32. The van der Waals surface area contributed by atoms with E-state index in [1.54, 1.807) is 43.3 Å². The van der Waals surface area contributed by atoms with Crippen LogP contribution < -0.4 is 0 Å². The fourth-order valence-electron chi connectivity index (χ4n) is 1.91. The standard InChI is InChI=1S/C17H12ClNO2/c1-11-7-12(9-15(18)16(11)20)8-14(10-19)17(21)13-5-3-2-4-6-13/h2-9,20H,1H3. The number of phenolic OH excluding ortho intramolecular Hbond substituents is 1. The number of allylic oxidation sites excluding steroid dienone is 1. The maximum Gasteiger partial charge on any atom is 0.203 e. The SMILES string of the molecule is Cc1cc(C=C(C#N)C(=O)c2ccccc2)cc(Cl)c1O. The van der Waals surface area contributed by atoms with Crippen LogP contribution in [0.1, 0.15) is 21.5 Å². The number of Topliss-reactive ketones (excluding diaryl/α,β-unsaturated/α-hetero) is 1. The van der Waals surface area contributed by atoms with E-state index in [0.29, 0.717) is 16.7 Å². The zero-order valence-electron chi connectivity index (χ0n) is 11.3. The van der Waals surface area contributed by atoms with Gasteiger partial charge in [-0.3, -0.25) is 4.79 Å². The van der Waals surface area contributed by atoms with E-state index in [0.717, 1.165) is 0 Å². The summed E-state index contributed by atoms with van der Waals surface area (Å²) in [5.74, 6) is -0.346. The summed E-state index contributed by atoms with van der Waals surface area (Å²) in [6, 6.07) is 13.7. The van der Waals surface area contributed by atoms with E-state index in [1.807, 2.05) is 6.07 Å². The van der Waals surface area contributed by atoms with E-state index in [1.165, 1.54) is 12.1 Å². The molecular weight excluding hydrogens is 286 g/mol. The predicted octanol–water partition coefficient (Wildman–Crippen LogP) is 4.14. The Kier molecular flexibility index (Phi) is 4.42. The number of aromatic hydroxyl groups is 1. The molecule has 0 aliphatic carbocycles. The summed E-state index contributed by atoms with van der Waals surface area (Å²) in [5.41, 5.74) is 1.64. The third-order valence-electron chi connectivity index (χ3n) is 2.99. The van der Waals surface area contributed by atoms with E-state index >= 15 is 0 Å². The average Bonchev–Trinajstić information content (AvgIpc) is 2.50. The molecule has 2 aromatic rings. The zero-order chi connectivity index (χ0) is 15.4. The van der Waals surface area contributed by atoms with Crippen LogP contribution in [0, 0.1) is 18.3 Å². The Balaban J connectivity index is 2.43. The van der Waals surface area contributed by atoms with Crippen LogP contribution in [0.25, 0.3) is 6.08 Å². The van der Waals surface area contributed by atoms with Crippen molar-refractivity contribution in [2.24, 2.45) is 0 Å². The molecule has 0 bridgehead atoms. The van der Waals surface area contributed by atoms with Crippen molar-refractivity contribution in [3.63, 3.8) is 0 Å². The molecule has 0 spiro atoms. The first-order chi connectivity index (χ1) is 10.0. The number of ketones is 1. The summed E-state index contributed by atoms with van der Waals surface area (Å²) in [4.78, 5) is 12.2. The second kappa shape index (κ2) is 6.25. The highest BCUT2D eigenvalue weighted by atomic mass is 35.5. The third kappa shape index (κ3) is 3.31. The molecule has 3 nitrogen and oxygen atoms in total. The number of halogens is 1. The van der Waals surface area contributed by atoms with Gasteiger partial charge in [0, 0.05) is 5.56 Å². The van der Waals surface area contributed by atoms with Crippen molar-refractivity contribution in [2.45, 2.75) is 6.92 Å². The van der Waals surface area contributed by atoms with Crippen LogP contribution >= 0.6 is 11.6 Å². The smallest absolute Gasteiger partial charge is 0.203 e. The molecule has 0 saturated heterocycles. The van der Waals surface area contributed by atoms with Gasteiger partial charge in [0.05, 0.1) is 5.02 Å². The highest BCUT2D eigenvalue weighted by Crippen LogP contribution is 2.29. The van der Waals surface area contributed by atoms with Gasteiger partial charge in [0.15, 0.2) is 0 Å². The van der Waals surface area contributed by atoms with E-state index in [2.05, 4.69) is 0 Å². The van der Waals surface area contributed by atoms with E-state index < -0.39 is 0 Å². The topological polar surface area (TPSA) is 61.1 Å². The first-order valence-corrected chi connectivity index (χ1v) is 6.61. The van der Waals surface area contributed by atoms with Crippen LogP contribution in [0.4, 0.5) is 0 Å². The second-order valence-electron chi connectivity index (χ2n) is 4.53. The van der Waals surface area contributed by atoms with E-state index in [4.69, 9.17) is 11.6 Å². The maximum atomic E-state index is 12.2. The number of phenols is 1. The molecule has 0 amide bonds. The van der Waals surface area contributed by atoms with Crippen molar-refractivity contribution in [1.29, 1.82) is 5.26 Å². The number of carbonyl (C=O) groups is 1. The van der Waals surface area contributed by atoms with Crippen LogP contribution in [0.5, 0.6) is 5.75 Å². The van der Waals surface area contributed by atoms with Crippen LogP contribution in [-0.2, 0) is 0 Å². The fourth-order valence-corrected chi connectivity index (χ4v) is 2.18. The minimum atomic E-state index is -0.347. The molecule has 0 aliphatic rings. The van der Waals surface area contributed by atoms with Gasteiger partial charge < -0.3 is 5.11 Å². The highest BCUT2D eigenvalue weighted by Gasteiger charge is 2.12. The van der Waals surface area contributed by atoms with Gasteiger partial charge in [0.1, 0.15) is 17.4 Å². The number of hydrogen-bond acceptors (Lipinski definition) is 3. The monoisotopic (exact) mass is 297 g/mol. The Bertz CT molecular complexity index is 735. The Morgan fingerprint density at radius 1 is 1.29 bits per heavy atom. The number of rotatable bonds is 3. The quantitative estimate of drug-likeness (QED) is 0.526. The lowest BCUT2D eigenvalue weighted by Gasteiger charge is -2.04. The van der Waals surface area contributed by atoms with Gasteiger partial charge in [-0.15, -0.1) is 0 Å². The van der Waals surface area contributed by atoms with Gasteiger partial charge in [0.25, 0.3) is 0 Å². The Labute approximate surface area is 127 Å². The van der Waals surface area contributed by atoms with Crippen molar-refractivity contribution in [3.05, 3.63) is 69.8 Å². The normalized spacial score (nSPS) is 11.0. The molecule has 21 heavy (non-hydrogen) atoms. The number of benzene rings is 2. The van der Waals surface area contributed by atoms with Crippen molar-refractivity contribution in [3.8, 4) is 11.8 Å². The van der Waals surface area contributed by atoms with Crippen molar-refractivity contribution in [2.75, 3.05) is 0 Å². The molecule has 104 valence electrons. The first-order valence-electron chi connectivity index (χ1n) is 6.23. The summed E-state index contributed by atoms with van der Waals surface area (Å²) in [7, 11) is 0. The molecule has 2 rings (SSSR count). The molecule has 0 fully saturated rings. The number of aryl methyl sites for hydroxylation is 1. The van der Waals surface area contributed by atoms with Gasteiger partial charge in [-0.25, -0.2) is 0 Å². The predicted molar refractivity (Wildman–Crippen MR) is 82.2 cm³/mol. The molecule has 0 aliphatic heterocycles. The maximum absolute atomic E-state index is 12.2. The third-order valence-corrected chi connectivity index (χ3v) is 3.28. The summed E-state index contributed by atoms with van der Waals surface area (Å²) < 4.78 is 0. The number of nitriles is 1. The van der Waals surface area contributed by atoms with Gasteiger partial charge in [-0.05, 0) is 36.3 Å². The molecule has 1 N–H and O–H groups in total. The van der Waals surface area contributed by atoms with Gasteiger partial charge in [-0.1, -0.05) is 41.9 Å². The Morgan fingerprint density at radius 2 is 1.95 bits per heavy atom. The van der Waals surface area contributed by atoms with Crippen LogP contribution in [0.2, 0.25) is 5.02 Å². The second-order valence-corrected chi connectivity index (χ2v) is 4.94. The van der Waals surface area contributed by atoms with Crippen molar-refractivity contribution in [1.82, 2.24) is 0 Å². The van der Waals surface area contributed by atoms with E-state index in [-0.39, 0.29) is 22.1 Å². The summed E-state index contributed by atoms with van der Waals surface area (Å²) >= 11 is 5.90. The molecule has 0 radical (unpaired) electrons. The lowest BCUT2D eigenvalue weighted by Crippen LogP contribution is -2.01. The molecule has 0 heterocycles. The minimum absolute atomic E-state index is 0.00158. The number of hydrogen-bond donors (Lipinski definition) is 1. The van der Waals surface area contributed by atoms with Crippen molar-refractivity contribution >= 4 is 23.5 Å². The fraction of sp³-hybridized carbons (Fsp3) is 0.0588. The van der Waals surface area contributed by atoms with Crippen LogP contribution in [0.15, 0.2) is 48.0 Å². The van der Waals surface area contributed by atoms with E-state index in [9.17, 15) is 15.2 Å². The van der Waals surface area contributed by atoms with Crippen molar-refractivity contribution < 1.29 is 9.90 Å². The number of nitrogens with zero attached hydrogens (tertiary/aromatic N) is 1. The molecule has 0 saturated carbocycles. The lowest BCUT2D eigenvalue weighted by molar-refractivity contribution is 0.104. The molecule has 2 aromatic carbocycles. The number of carbonyl (C=O) groups excluding carboxylic acids is 1. The van der Waals surface area contributed by atoms with Gasteiger partial charge >= 0.3 is 0 Å². The Hall–Kier alpha value is -2.57. The summed E-state index contributed by atoms with van der Waals surface area (Å²) in [5, 5.41) is 19.0. The van der Waals surface area contributed by atoms with Crippen LogP contribution in [-0.4, -0.2) is 10.9 Å². The van der Waals surface area contributed by atoms with Gasteiger partial charge in [-0.2, -0.15) is 5.26 Å². The summed E-state index contributed by atoms with van der Waals surface area (Å²) in [6.45, 7) is 1.70. The molecule has 0 atom stereocenters. The average molecular weight is 298 g/mol. The largest absolute Gasteiger partial charge is 0.506 e. The Morgan fingerprint density at radius 3 is 2.52 bits per heavy atom. The summed E-state index contributed by atoms with van der Waals surface area (Å²) in [6.07, 6.45) is 1.47. The van der Waals surface area contributed by atoms with Gasteiger partial charge in [0.2, 0.25) is 5.78 Å². The molecule has 0 unspecified atom stereocenters. The molecule has 0 aromatic heterocycles. The minimum Gasteiger partial charge on any atom is -0.506 e. The molecule has 4 heteroatoms. The molecular formula is C17H12ClNO2.